The average molecular weight is 499 g/mol. The fourth-order valence-corrected chi connectivity index (χ4v) is 6.15. The zero-order chi connectivity index (χ0) is 24.9. The van der Waals surface area contributed by atoms with Crippen molar-refractivity contribution in [2.24, 2.45) is 0 Å². The van der Waals surface area contributed by atoms with E-state index >= 15 is 0 Å². The lowest BCUT2D eigenvalue weighted by Crippen LogP contribution is -2.53. The zero-order valence-corrected chi connectivity index (χ0v) is 21.6. The molecule has 2 saturated heterocycles. The Balaban J connectivity index is 1.19. The molecule has 0 spiro atoms. The summed E-state index contributed by atoms with van der Waals surface area (Å²) in [5.74, 6) is 0. The number of nitrogens with one attached hydrogen (secondary N) is 1. The number of likely N-dealkylation sites (N-methyl/N-ethyl adjacent to an activating group) is 1. The van der Waals surface area contributed by atoms with Gasteiger partial charge in [-0.3, -0.25) is 4.68 Å². The summed E-state index contributed by atoms with van der Waals surface area (Å²) in [5, 5.41) is 14.9. The molecule has 1 atom stereocenters. The maximum Gasteiger partial charge on any atom is 0.160 e. The number of benzene rings is 1. The average Bonchev–Trinajstić information content (AvgIpc) is 3.52. The van der Waals surface area contributed by atoms with Crippen LogP contribution in [-0.4, -0.2) is 94.2 Å². The van der Waals surface area contributed by atoms with Crippen LogP contribution in [0.2, 0.25) is 0 Å². The number of fused-ring (bicyclic) bond motifs is 4. The Morgan fingerprint density at radius 3 is 2.73 bits per heavy atom. The van der Waals surface area contributed by atoms with E-state index in [1.54, 1.807) is 0 Å². The number of hydrogen-bond donors (Lipinski definition) is 1. The first-order valence-electron chi connectivity index (χ1n) is 13.4. The van der Waals surface area contributed by atoms with Gasteiger partial charge in [-0.15, -0.1) is 10.2 Å². The number of hydrogen-bond acceptors (Lipinski definition) is 7. The van der Waals surface area contributed by atoms with Crippen molar-refractivity contribution in [1.29, 1.82) is 0 Å². The molecule has 2 fully saturated rings. The third-order valence-corrected chi connectivity index (χ3v) is 8.35. The molecule has 0 amide bonds. The maximum absolute atomic E-state index is 6.10. The SMILES string of the molecule is CN1CCC(n2cc(-c3c[nH]c4nnc(-c5ccc6c(c5)COC[C@H]5CN(C)CCN65)cc34)cn2)CC1. The van der Waals surface area contributed by atoms with E-state index in [0.717, 1.165) is 85.6 Å². The highest BCUT2D eigenvalue weighted by molar-refractivity contribution is 5.94. The van der Waals surface area contributed by atoms with Gasteiger partial charge in [0.05, 0.1) is 37.2 Å². The number of likely N-dealkylation sites (tertiary alicyclic amines) is 1. The standard InChI is InChI=1S/C28H34N8O/c1-33-7-5-22(6-8-33)36-15-21(13-30-36)25-14-29-28-24(25)12-26(31-32-28)19-3-4-27-20(11-19)17-37-18-23-16-34(2)9-10-35(23)27/h3-4,11-15,22-23H,5-10,16-18H2,1-2H3,(H,29,32)/t23-/m1/s1. The number of piperidine rings is 1. The minimum atomic E-state index is 0.403. The zero-order valence-electron chi connectivity index (χ0n) is 21.6. The van der Waals surface area contributed by atoms with E-state index in [1.807, 2.05) is 12.4 Å². The number of anilines is 1. The van der Waals surface area contributed by atoms with Gasteiger partial charge in [-0.05, 0) is 58.2 Å². The van der Waals surface area contributed by atoms with Crippen LogP contribution in [0, 0.1) is 0 Å². The summed E-state index contributed by atoms with van der Waals surface area (Å²) < 4.78 is 8.25. The fraction of sp³-hybridized carbons (Fsp3) is 0.464. The summed E-state index contributed by atoms with van der Waals surface area (Å²) in [6.45, 7) is 6.76. The van der Waals surface area contributed by atoms with Gasteiger partial charge in [0, 0.05) is 65.4 Å². The van der Waals surface area contributed by atoms with E-state index in [-0.39, 0.29) is 0 Å². The van der Waals surface area contributed by atoms with Crippen molar-refractivity contribution in [1.82, 2.24) is 34.8 Å². The lowest BCUT2D eigenvalue weighted by atomic mass is 10.0. The molecule has 3 aromatic heterocycles. The molecular formula is C28H34N8O. The summed E-state index contributed by atoms with van der Waals surface area (Å²) in [7, 11) is 4.38. The van der Waals surface area contributed by atoms with Crippen LogP contribution in [0.4, 0.5) is 5.69 Å². The van der Waals surface area contributed by atoms with Crippen molar-refractivity contribution in [3.63, 3.8) is 0 Å². The topological polar surface area (TPSA) is 78.3 Å². The predicted molar refractivity (Wildman–Crippen MR) is 145 cm³/mol. The largest absolute Gasteiger partial charge is 0.375 e. The number of aromatic amines is 1. The van der Waals surface area contributed by atoms with Gasteiger partial charge in [-0.25, -0.2) is 0 Å². The Hall–Kier alpha value is -3.27. The molecule has 7 rings (SSSR count). The van der Waals surface area contributed by atoms with Crippen LogP contribution in [0.25, 0.3) is 33.4 Å². The van der Waals surface area contributed by atoms with E-state index in [9.17, 15) is 0 Å². The molecule has 0 unspecified atom stereocenters. The van der Waals surface area contributed by atoms with Crippen LogP contribution in [0.1, 0.15) is 24.4 Å². The Bertz CT molecular complexity index is 1420. The van der Waals surface area contributed by atoms with Crippen molar-refractivity contribution in [2.75, 3.05) is 58.3 Å². The van der Waals surface area contributed by atoms with E-state index < -0.39 is 0 Å². The molecule has 3 aliphatic heterocycles. The van der Waals surface area contributed by atoms with E-state index in [0.29, 0.717) is 18.7 Å². The van der Waals surface area contributed by atoms with E-state index in [2.05, 4.69) is 79.1 Å². The van der Waals surface area contributed by atoms with Gasteiger partial charge in [0.15, 0.2) is 5.65 Å². The molecule has 0 saturated carbocycles. The summed E-state index contributed by atoms with van der Waals surface area (Å²) in [5.41, 5.74) is 7.47. The van der Waals surface area contributed by atoms with Crippen LogP contribution in [-0.2, 0) is 11.3 Å². The fourth-order valence-electron chi connectivity index (χ4n) is 6.15. The van der Waals surface area contributed by atoms with Crippen LogP contribution in [0.15, 0.2) is 42.9 Å². The molecule has 192 valence electrons. The minimum absolute atomic E-state index is 0.403. The molecule has 0 radical (unpaired) electrons. The third kappa shape index (κ3) is 4.21. The van der Waals surface area contributed by atoms with Gasteiger partial charge in [-0.1, -0.05) is 6.07 Å². The van der Waals surface area contributed by atoms with Gasteiger partial charge in [0.1, 0.15) is 0 Å². The Kier molecular flexibility index (Phi) is 5.71. The van der Waals surface area contributed by atoms with Gasteiger partial charge in [0.2, 0.25) is 0 Å². The van der Waals surface area contributed by atoms with Crippen LogP contribution in [0.3, 0.4) is 0 Å². The van der Waals surface area contributed by atoms with Crippen LogP contribution >= 0.6 is 0 Å². The predicted octanol–water partition coefficient (Wildman–Crippen LogP) is 3.41. The summed E-state index contributed by atoms with van der Waals surface area (Å²) in [4.78, 5) is 10.6. The number of piperazine rings is 1. The molecule has 6 heterocycles. The van der Waals surface area contributed by atoms with Crippen molar-refractivity contribution < 1.29 is 4.74 Å². The number of nitrogens with zero attached hydrogens (tertiary/aromatic N) is 7. The molecule has 37 heavy (non-hydrogen) atoms. The van der Waals surface area contributed by atoms with E-state index in [4.69, 9.17) is 9.84 Å². The van der Waals surface area contributed by atoms with Gasteiger partial charge in [0.25, 0.3) is 0 Å². The Morgan fingerprint density at radius 1 is 0.946 bits per heavy atom. The first kappa shape index (κ1) is 22.9. The number of rotatable bonds is 3. The van der Waals surface area contributed by atoms with Crippen molar-refractivity contribution in [3.05, 3.63) is 48.4 Å². The summed E-state index contributed by atoms with van der Waals surface area (Å²) in [6, 6.07) is 9.68. The van der Waals surface area contributed by atoms with Gasteiger partial charge in [-0.2, -0.15) is 5.10 Å². The highest BCUT2D eigenvalue weighted by Gasteiger charge is 2.29. The first-order chi connectivity index (χ1) is 18.1. The second-order valence-electron chi connectivity index (χ2n) is 10.9. The molecule has 0 aliphatic carbocycles. The monoisotopic (exact) mass is 498 g/mol. The molecule has 0 bridgehead atoms. The second-order valence-corrected chi connectivity index (χ2v) is 10.9. The quantitative estimate of drug-likeness (QED) is 0.464. The Labute approximate surface area is 217 Å². The molecule has 1 N–H and O–H groups in total. The summed E-state index contributed by atoms with van der Waals surface area (Å²) in [6.07, 6.45) is 8.46. The maximum atomic E-state index is 6.10. The van der Waals surface area contributed by atoms with E-state index in [1.165, 1.54) is 11.3 Å². The van der Waals surface area contributed by atoms with Crippen molar-refractivity contribution in [2.45, 2.75) is 31.5 Å². The lowest BCUT2D eigenvalue weighted by molar-refractivity contribution is 0.0960. The lowest BCUT2D eigenvalue weighted by Gasteiger charge is -2.40. The van der Waals surface area contributed by atoms with Crippen LogP contribution < -0.4 is 4.90 Å². The second kappa shape index (κ2) is 9.24. The number of H-pyrrole nitrogens is 1. The third-order valence-electron chi connectivity index (χ3n) is 8.35. The molecule has 4 aromatic rings. The minimum Gasteiger partial charge on any atom is -0.375 e. The Morgan fingerprint density at radius 2 is 1.84 bits per heavy atom. The molecule has 9 heteroatoms. The first-order valence-corrected chi connectivity index (χ1v) is 13.4. The summed E-state index contributed by atoms with van der Waals surface area (Å²) >= 11 is 0. The normalized spacial score (nSPS) is 21.7. The molecule has 3 aliphatic rings. The highest BCUT2D eigenvalue weighted by atomic mass is 16.5. The van der Waals surface area contributed by atoms with Gasteiger partial charge < -0.3 is 24.4 Å². The van der Waals surface area contributed by atoms with Crippen LogP contribution in [0.5, 0.6) is 0 Å². The number of ether oxygens (including phenoxy) is 1. The molecule has 9 nitrogen and oxygen atoms in total. The van der Waals surface area contributed by atoms with Crippen molar-refractivity contribution >= 4 is 16.7 Å². The molecule has 1 aromatic carbocycles. The van der Waals surface area contributed by atoms with Crippen molar-refractivity contribution in [3.8, 4) is 22.4 Å². The number of aromatic nitrogens is 5. The highest BCUT2D eigenvalue weighted by Crippen LogP contribution is 2.34. The smallest absolute Gasteiger partial charge is 0.160 e. The molecular weight excluding hydrogens is 464 g/mol. The van der Waals surface area contributed by atoms with Gasteiger partial charge >= 0.3 is 0 Å².